The molecule has 0 spiro atoms. The third-order valence-corrected chi connectivity index (χ3v) is 16.3. The fourth-order valence-electron chi connectivity index (χ4n) is 8.66. The average molecular weight is 463 g/mol. The fraction of sp³-hybridized carbons (Fsp3) is 0.964. The minimum absolute atomic E-state index is 0.217. The second kappa shape index (κ2) is 8.19. The summed E-state index contributed by atoms with van der Waals surface area (Å²) in [6, 6.07) is 0. The van der Waals surface area contributed by atoms with Crippen molar-refractivity contribution in [3.63, 3.8) is 0 Å². The van der Waals surface area contributed by atoms with Crippen LogP contribution in [0.2, 0.25) is 18.1 Å². The number of hydrogen-bond donors (Lipinski definition) is 1. The first-order valence-electron chi connectivity index (χ1n) is 13.5. The van der Waals surface area contributed by atoms with Crippen molar-refractivity contribution >= 4 is 14.1 Å². The Balaban J connectivity index is 1.50. The van der Waals surface area contributed by atoms with Crippen LogP contribution < -0.4 is 0 Å². The van der Waals surface area contributed by atoms with E-state index in [2.05, 4.69) is 54.6 Å². The van der Waals surface area contributed by atoms with Crippen LogP contribution in [0.3, 0.4) is 0 Å². The third-order valence-electron chi connectivity index (χ3n) is 11.8. The first-order chi connectivity index (χ1) is 14.7. The Kier molecular flexibility index (Phi) is 6.38. The number of Topliss-reactive ketones (excluding diaryl/α,β-unsaturated/α-hetero) is 1. The molecule has 4 heteroatoms. The maximum Gasteiger partial charge on any atom is 0.191 e. The van der Waals surface area contributed by atoms with Crippen LogP contribution in [0.1, 0.15) is 92.9 Å². The predicted octanol–water partition coefficient (Wildman–Crippen LogP) is 6.84. The van der Waals surface area contributed by atoms with Gasteiger partial charge in [0.15, 0.2) is 8.32 Å². The van der Waals surface area contributed by atoms with Gasteiger partial charge < -0.3 is 9.53 Å². The number of rotatable bonds is 4. The quantitative estimate of drug-likeness (QED) is 0.465. The van der Waals surface area contributed by atoms with Gasteiger partial charge in [0, 0.05) is 19.4 Å². The Hall–Kier alpha value is -0.193. The van der Waals surface area contributed by atoms with E-state index in [1.165, 1.54) is 25.7 Å². The summed E-state index contributed by atoms with van der Waals surface area (Å²) >= 11 is 0. The maximum atomic E-state index is 12.2. The molecule has 184 valence electrons. The molecule has 1 N–H and O–H groups in total. The van der Waals surface area contributed by atoms with Crippen molar-refractivity contribution in [1.82, 2.24) is 0 Å². The first kappa shape index (κ1) is 24.9. The second-order valence-electron chi connectivity index (χ2n) is 14.3. The molecule has 0 heterocycles. The van der Waals surface area contributed by atoms with Gasteiger partial charge in [-0.2, -0.15) is 0 Å². The number of fused-ring (bicyclic) bond motifs is 5. The maximum absolute atomic E-state index is 12.2. The van der Waals surface area contributed by atoms with E-state index < -0.39 is 8.32 Å². The average Bonchev–Trinajstić information content (AvgIpc) is 3.04. The van der Waals surface area contributed by atoms with Gasteiger partial charge in [-0.15, -0.1) is 0 Å². The summed E-state index contributed by atoms with van der Waals surface area (Å²) in [6.07, 6.45) is 8.24. The van der Waals surface area contributed by atoms with Crippen LogP contribution in [0.25, 0.3) is 0 Å². The van der Waals surface area contributed by atoms with E-state index in [1.807, 2.05) is 0 Å². The fourth-order valence-corrected chi connectivity index (χ4v) is 9.77. The summed E-state index contributed by atoms with van der Waals surface area (Å²) in [4.78, 5) is 12.2. The zero-order chi connectivity index (χ0) is 23.7. The van der Waals surface area contributed by atoms with Crippen molar-refractivity contribution in [3.8, 4) is 0 Å². The molecule has 0 amide bonds. The van der Waals surface area contributed by atoms with E-state index in [4.69, 9.17) is 4.43 Å². The Morgan fingerprint density at radius 2 is 1.75 bits per heavy atom. The summed E-state index contributed by atoms with van der Waals surface area (Å²) in [7, 11) is -1.73. The molecule has 0 radical (unpaired) electrons. The van der Waals surface area contributed by atoms with Gasteiger partial charge in [0.25, 0.3) is 0 Å². The standard InChI is InChI=1S/C28H50O3Si/c1-18(17-31-32(7,8)26(2,3)4)21-9-10-22-25-23(12-14-28(21,22)6)27(5)13-11-20(29)15-19(27)16-24(25)30/h18-19,21-25,30H,9-17H2,1-8H3/t18-,19-,21-,22?,23?,24?,25?,27+,28-/m1/s1. The molecule has 4 aliphatic carbocycles. The molecule has 4 unspecified atom stereocenters. The van der Waals surface area contributed by atoms with Crippen LogP contribution in [0, 0.1) is 46.3 Å². The van der Waals surface area contributed by atoms with Crippen LogP contribution in [0.15, 0.2) is 0 Å². The molecule has 3 nitrogen and oxygen atoms in total. The highest BCUT2D eigenvalue weighted by Crippen LogP contribution is 2.68. The number of aliphatic hydroxyl groups is 1. The zero-order valence-electron chi connectivity index (χ0n) is 22.2. The highest BCUT2D eigenvalue weighted by molar-refractivity contribution is 6.74. The van der Waals surface area contributed by atoms with Crippen molar-refractivity contribution < 1.29 is 14.3 Å². The summed E-state index contributed by atoms with van der Waals surface area (Å²) in [5.74, 6) is 3.76. The van der Waals surface area contributed by atoms with E-state index in [0.29, 0.717) is 53.1 Å². The highest BCUT2D eigenvalue weighted by Gasteiger charge is 2.63. The van der Waals surface area contributed by atoms with Crippen LogP contribution in [0.5, 0.6) is 0 Å². The molecule has 0 aromatic rings. The smallest absolute Gasteiger partial charge is 0.191 e. The summed E-state index contributed by atoms with van der Waals surface area (Å²) in [5.41, 5.74) is 0.584. The minimum atomic E-state index is -1.73. The van der Waals surface area contributed by atoms with Crippen molar-refractivity contribution in [2.24, 2.45) is 46.3 Å². The van der Waals surface area contributed by atoms with Gasteiger partial charge >= 0.3 is 0 Å². The minimum Gasteiger partial charge on any atom is -0.417 e. The molecule has 4 saturated carbocycles. The molecule has 32 heavy (non-hydrogen) atoms. The van der Waals surface area contributed by atoms with Gasteiger partial charge in [0.1, 0.15) is 5.78 Å². The van der Waals surface area contributed by atoms with E-state index >= 15 is 0 Å². The lowest BCUT2D eigenvalue weighted by Crippen LogP contribution is -2.58. The number of carbonyl (C=O) groups is 1. The molecule has 0 aromatic heterocycles. The zero-order valence-corrected chi connectivity index (χ0v) is 23.2. The molecule has 4 rings (SSSR count). The lowest BCUT2D eigenvalue weighted by Gasteiger charge is -2.62. The number of carbonyl (C=O) groups excluding carboxylic acids is 1. The Bertz CT molecular complexity index is 727. The van der Waals surface area contributed by atoms with Crippen LogP contribution in [0.4, 0.5) is 0 Å². The van der Waals surface area contributed by atoms with Gasteiger partial charge in [0.05, 0.1) is 6.10 Å². The van der Waals surface area contributed by atoms with E-state index in [-0.39, 0.29) is 16.6 Å². The Morgan fingerprint density at radius 3 is 2.41 bits per heavy atom. The molecule has 0 aromatic carbocycles. The molecular weight excluding hydrogens is 412 g/mol. The van der Waals surface area contributed by atoms with E-state index in [9.17, 15) is 9.90 Å². The molecule has 4 aliphatic rings. The highest BCUT2D eigenvalue weighted by atomic mass is 28.4. The van der Waals surface area contributed by atoms with Crippen molar-refractivity contribution in [2.45, 2.75) is 117 Å². The van der Waals surface area contributed by atoms with Gasteiger partial charge in [-0.3, -0.25) is 4.79 Å². The van der Waals surface area contributed by atoms with Crippen molar-refractivity contribution in [1.29, 1.82) is 0 Å². The van der Waals surface area contributed by atoms with Crippen molar-refractivity contribution in [3.05, 3.63) is 0 Å². The topological polar surface area (TPSA) is 46.5 Å². The molecule has 0 aliphatic heterocycles. The Morgan fingerprint density at radius 1 is 1.09 bits per heavy atom. The Labute approximate surface area is 198 Å². The SMILES string of the molecule is C[C@H](CO[Si](C)(C)C(C)(C)C)[C@H]1CCC2C3C(O)C[C@H]4CC(=O)CC[C@]4(C)C3CC[C@@]21C. The lowest BCUT2D eigenvalue weighted by molar-refractivity contribution is -0.169. The molecule has 0 saturated heterocycles. The van der Waals surface area contributed by atoms with E-state index in [1.54, 1.807) is 0 Å². The predicted molar refractivity (Wildman–Crippen MR) is 134 cm³/mol. The summed E-state index contributed by atoms with van der Waals surface area (Å²) in [5, 5.41) is 11.7. The van der Waals surface area contributed by atoms with Crippen molar-refractivity contribution in [2.75, 3.05) is 6.61 Å². The first-order valence-corrected chi connectivity index (χ1v) is 16.5. The largest absolute Gasteiger partial charge is 0.417 e. The van der Waals surface area contributed by atoms with Crippen LogP contribution >= 0.6 is 0 Å². The number of aliphatic hydroxyl groups excluding tert-OH is 1. The summed E-state index contributed by atoms with van der Waals surface area (Å²) in [6.45, 7) is 20.1. The third kappa shape index (κ3) is 3.88. The van der Waals surface area contributed by atoms with Gasteiger partial charge in [-0.05, 0) is 103 Å². The van der Waals surface area contributed by atoms with E-state index in [0.717, 1.165) is 25.9 Å². The van der Waals surface area contributed by atoms with Gasteiger partial charge in [0.2, 0.25) is 0 Å². The molecule has 4 fully saturated rings. The van der Waals surface area contributed by atoms with Crippen LogP contribution in [-0.4, -0.2) is 31.9 Å². The molecular formula is C28H50O3Si. The number of ketones is 1. The molecule has 9 atom stereocenters. The summed E-state index contributed by atoms with van der Waals surface area (Å²) < 4.78 is 6.67. The van der Waals surface area contributed by atoms with Gasteiger partial charge in [-0.25, -0.2) is 0 Å². The normalized spacial score (nSPS) is 45.7. The molecule has 0 bridgehead atoms. The lowest BCUT2D eigenvalue weighted by atomic mass is 9.44. The monoisotopic (exact) mass is 462 g/mol. The van der Waals surface area contributed by atoms with Gasteiger partial charge in [-0.1, -0.05) is 41.5 Å². The number of hydrogen-bond acceptors (Lipinski definition) is 3. The second-order valence-corrected chi connectivity index (χ2v) is 19.1. The van der Waals surface area contributed by atoms with Crippen LogP contribution in [-0.2, 0) is 9.22 Å².